The minimum absolute atomic E-state index is 0.0435. The number of urea groups is 1. The summed E-state index contributed by atoms with van der Waals surface area (Å²) in [7, 11) is 0. The van der Waals surface area contributed by atoms with Crippen LogP contribution < -0.4 is 5.32 Å². The van der Waals surface area contributed by atoms with E-state index in [1.54, 1.807) is 13.8 Å². The van der Waals surface area contributed by atoms with Gasteiger partial charge in [-0.2, -0.15) is 0 Å². The number of nitrogens with one attached hydrogen (secondary N) is 1. The zero-order valence-electron chi connectivity index (χ0n) is 10.4. The fraction of sp³-hybridized carbons (Fsp3) is 0.727. The van der Waals surface area contributed by atoms with Crippen molar-refractivity contribution in [1.82, 2.24) is 10.2 Å². The molecule has 18 heavy (non-hydrogen) atoms. The van der Waals surface area contributed by atoms with Crippen molar-refractivity contribution in [3.05, 3.63) is 0 Å². The van der Waals surface area contributed by atoms with E-state index in [0.29, 0.717) is 0 Å². The quantitative estimate of drug-likeness (QED) is 0.671. The number of amides is 2. The molecule has 0 aliphatic carbocycles. The summed E-state index contributed by atoms with van der Waals surface area (Å²) in [6.07, 6.45) is 0.164. The maximum atomic E-state index is 11.7. The fourth-order valence-electron chi connectivity index (χ4n) is 2.02. The first kappa shape index (κ1) is 14.3. The van der Waals surface area contributed by atoms with Crippen LogP contribution in [0.5, 0.6) is 0 Å². The van der Waals surface area contributed by atoms with Gasteiger partial charge in [-0.3, -0.25) is 9.59 Å². The van der Waals surface area contributed by atoms with Crippen molar-refractivity contribution in [2.45, 2.75) is 26.3 Å². The van der Waals surface area contributed by atoms with Crippen LogP contribution in [-0.2, 0) is 9.59 Å². The number of likely N-dealkylation sites (tertiary alicyclic amines) is 1. The number of hydrogen-bond acceptors (Lipinski definition) is 3. The Hall–Kier alpha value is -1.79. The molecule has 3 N–H and O–H groups in total. The molecule has 7 nitrogen and oxygen atoms in total. The first-order valence-corrected chi connectivity index (χ1v) is 5.84. The minimum Gasteiger partial charge on any atom is -0.481 e. The third-order valence-corrected chi connectivity index (χ3v) is 2.95. The summed E-state index contributed by atoms with van der Waals surface area (Å²) in [5.41, 5.74) is 0. The zero-order chi connectivity index (χ0) is 13.9. The molecule has 2 unspecified atom stereocenters. The van der Waals surface area contributed by atoms with Crippen molar-refractivity contribution in [2.24, 2.45) is 11.8 Å². The fourth-order valence-corrected chi connectivity index (χ4v) is 2.02. The number of carboxylic acid groups (broad SMARTS) is 2. The first-order valence-electron chi connectivity index (χ1n) is 5.84. The Morgan fingerprint density at radius 2 is 1.72 bits per heavy atom. The van der Waals surface area contributed by atoms with Gasteiger partial charge in [-0.25, -0.2) is 4.79 Å². The van der Waals surface area contributed by atoms with E-state index in [1.165, 1.54) is 4.90 Å². The van der Waals surface area contributed by atoms with Gasteiger partial charge in [0.05, 0.1) is 11.8 Å². The van der Waals surface area contributed by atoms with Gasteiger partial charge in [0.1, 0.15) is 0 Å². The Labute approximate surface area is 105 Å². The van der Waals surface area contributed by atoms with E-state index in [-0.39, 0.29) is 31.6 Å². The van der Waals surface area contributed by atoms with Crippen molar-refractivity contribution < 1.29 is 24.6 Å². The van der Waals surface area contributed by atoms with E-state index in [9.17, 15) is 14.4 Å². The third-order valence-electron chi connectivity index (χ3n) is 2.95. The number of hydrogen-bond donors (Lipinski definition) is 3. The third kappa shape index (κ3) is 3.35. The second-order valence-electron chi connectivity index (χ2n) is 4.73. The lowest BCUT2D eigenvalue weighted by atomic mass is 9.85. The number of carbonyl (C=O) groups excluding carboxylic acids is 1. The highest BCUT2D eigenvalue weighted by atomic mass is 16.4. The van der Waals surface area contributed by atoms with E-state index < -0.39 is 23.8 Å². The van der Waals surface area contributed by atoms with Crippen LogP contribution in [0.25, 0.3) is 0 Å². The predicted octanol–water partition coefficient (Wildman–Crippen LogP) is 0.212. The lowest BCUT2D eigenvalue weighted by Gasteiger charge is -2.34. The van der Waals surface area contributed by atoms with Crippen molar-refractivity contribution in [2.75, 3.05) is 13.1 Å². The Morgan fingerprint density at radius 1 is 1.17 bits per heavy atom. The van der Waals surface area contributed by atoms with Crippen LogP contribution in [-0.4, -0.2) is 52.2 Å². The van der Waals surface area contributed by atoms with E-state index in [4.69, 9.17) is 10.2 Å². The highest BCUT2D eigenvalue weighted by Gasteiger charge is 2.40. The lowest BCUT2D eigenvalue weighted by molar-refractivity contribution is -0.156. The molecular weight excluding hydrogens is 240 g/mol. The Morgan fingerprint density at radius 3 is 2.17 bits per heavy atom. The van der Waals surface area contributed by atoms with Gasteiger partial charge in [0, 0.05) is 19.1 Å². The van der Waals surface area contributed by atoms with Gasteiger partial charge in [0.2, 0.25) is 0 Å². The average molecular weight is 258 g/mol. The van der Waals surface area contributed by atoms with E-state index in [2.05, 4.69) is 5.32 Å². The highest BCUT2D eigenvalue weighted by molar-refractivity contribution is 5.82. The summed E-state index contributed by atoms with van der Waals surface area (Å²) >= 11 is 0. The van der Waals surface area contributed by atoms with Crippen molar-refractivity contribution in [1.29, 1.82) is 0 Å². The molecule has 0 saturated carbocycles. The average Bonchev–Trinajstić information content (AvgIpc) is 2.26. The van der Waals surface area contributed by atoms with Crippen molar-refractivity contribution in [3.63, 3.8) is 0 Å². The minimum atomic E-state index is -1.18. The SMILES string of the molecule is CC(C)NC(=O)N1CCC(C(=O)O)C(C(=O)O)C1. The van der Waals surface area contributed by atoms with Crippen LogP contribution >= 0.6 is 0 Å². The molecule has 0 radical (unpaired) electrons. The Bertz CT molecular complexity index is 355. The van der Waals surface area contributed by atoms with E-state index >= 15 is 0 Å². The van der Waals surface area contributed by atoms with Crippen molar-refractivity contribution in [3.8, 4) is 0 Å². The second kappa shape index (κ2) is 5.70. The number of carboxylic acids is 2. The molecule has 1 fully saturated rings. The largest absolute Gasteiger partial charge is 0.481 e. The van der Waals surface area contributed by atoms with Gasteiger partial charge < -0.3 is 20.4 Å². The standard InChI is InChI=1S/C11H18N2O5/c1-6(2)12-11(18)13-4-3-7(9(14)15)8(5-13)10(16)17/h6-8H,3-5H2,1-2H3,(H,12,18)(H,14,15)(H,16,17). The molecular formula is C11H18N2O5. The van der Waals surface area contributed by atoms with Gasteiger partial charge in [-0.15, -0.1) is 0 Å². The van der Waals surface area contributed by atoms with Gasteiger partial charge in [0.25, 0.3) is 0 Å². The van der Waals surface area contributed by atoms with Gasteiger partial charge >= 0.3 is 18.0 Å². The molecule has 2 atom stereocenters. The Kier molecular flexibility index (Phi) is 4.52. The lowest BCUT2D eigenvalue weighted by Crippen LogP contribution is -2.52. The van der Waals surface area contributed by atoms with Crippen LogP contribution in [0.2, 0.25) is 0 Å². The van der Waals surface area contributed by atoms with E-state index in [1.807, 2.05) is 0 Å². The van der Waals surface area contributed by atoms with Crippen LogP contribution in [0.3, 0.4) is 0 Å². The summed E-state index contributed by atoms with van der Waals surface area (Å²) in [4.78, 5) is 35.1. The molecule has 1 saturated heterocycles. The Balaban J connectivity index is 2.71. The maximum Gasteiger partial charge on any atom is 0.317 e. The summed E-state index contributed by atoms with van der Waals surface area (Å²) in [6, 6.07) is -0.391. The predicted molar refractivity (Wildman–Crippen MR) is 62.1 cm³/mol. The normalized spacial score (nSPS) is 23.8. The molecule has 1 aliphatic rings. The molecule has 102 valence electrons. The molecule has 1 heterocycles. The summed E-state index contributed by atoms with van der Waals surface area (Å²) < 4.78 is 0. The maximum absolute atomic E-state index is 11.7. The number of aliphatic carboxylic acids is 2. The smallest absolute Gasteiger partial charge is 0.317 e. The number of rotatable bonds is 3. The molecule has 2 amide bonds. The van der Waals surface area contributed by atoms with Crippen LogP contribution in [0.15, 0.2) is 0 Å². The molecule has 7 heteroatoms. The topological polar surface area (TPSA) is 107 Å². The van der Waals surface area contributed by atoms with Crippen molar-refractivity contribution >= 4 is 18.0 Å². The second-order valence-corrected chi connectivity index (χ2v) is 4.73. The van der Waals surface area contributed by atoms with Gasteiger partial charge in [-0.05, 0) is 20.3 Å². The molecule has 1 rings (SSSR count). The van der Waals surface area contributed by atoms with Gasteiger partial charge in [0.15, 0.2) is 0 Å². The number of nitrogens with zero attached hydrogens (tertiary/aromatic N) is 1. The first-order chi connectivity index (χ1) is 8.32. The molecule has 0 aromatic carbocycles. The molecule has 0 spiro atoms. The number of piperidine rings is 1. The molecule has 0 bridgehead atoms. The van der Waals surface area contributed by atoms with Crippen LogP contribution in [0.1, 0.15) is 20.3 Å². The summed E-state index contributed by atoms with van der Waals surface area (Å²) in [5, 5.41) is 20.6. The highest BCUT2D eigenvalue weighted by Crippen LogP contribution is 2.24. The van der Waals surface area contributed by atoms with Crippen LogP contribution in [0, 0.1) is 11.8 Å². The number of carbonyl (C=O) groups is 3. The summed E-state index contributed by atoms with van der Waals surface area (Å²) in [5.74, 6) is -4.27. The molecule has 0 aromatic rings. The molecule has 0 aromatic heterocycles. The van der Waals surface area contributed by atoms with E-state index in [0.717, 1.165) is 0 Å². The van der Waals surface area contributed by atoms with Gasteiger partial charge in [-0.1, -0.05) is 0 Å². The molecule has 1 aliphatic heterocycles. The summed E-state index contributed by atoms with van der Waals surface area (Å²) in [6.45, 7) is 3.80. The van der Waals surface area contributed by atoms with Crippen LogP contribution in [0.4, 0.5) is 4.79 Å². The monoisotopic (exact) mass is 258 g/mol. The zero-order valence-corrected chi connectivity index (χ0v) is 10.4.